The number of methoxy groups -OCH3 is 2. The number of hydrogen-bond acceptors (Lipinski definition) is 4. The van der Waals surface area contributed by atoms with Gasteiger partial charge in [0, 0.05) is 14.2 Å². The van der Waals surface area contributed by atoms with E-state index < -0.39 is 47.5 Å². The van der Waals surface area contributed by atoms with Gasteiger partial charge in [-0.1, -0.05) is 0 Å². The summed E-state index contributed by atoms with van der Waals surface area (Å²) < 4.78 is 158. The molecule has 4 nitrogen and oxygen atoms in total. The van der Waals surface area contributed by atoms with E-state index in [1.54, 1.807) is 0 Å². The Hall–Kier alpha value is -1.58. The van der Waals surface area contributed by atoms with E-state index in [2.05, 4.69) is 9.47 Å². The van der Waals surface area contributed by atoms with Gasteiger partial charge in [-0.3, -0.25) is 9.59 Å². The lowest BCUT2D eigenvalue weighted by Crippen LogP contribution is -2.71. The van der Waals surface area contributed by atoms with Crippen molar-refractivity contribution < 1.29 is 71.7 Å². The van der Waals surface area contributed by atoms with Crippen molar-refractivity contribution in [2.45, 2.75) is 35.9 Å². The molecule has 26 heavy (non-hydrogen) atoms. The van der Waals surface area contributed by atoms with Gasteiger partial charge in [-0.2, -0.15) is 48.3 Å². The minimum Gasteiger partial charge on any atom is -0.341 e. The van der Waals surface area contributed by atoms with Gasteiger partial charge >= 0.3 is 35.9 Å². The van der Waals surface area contributed by atoms with E-state index in [4.69, 9.17) is 0 Å². The first-order valence-electron chi connectivity index (χ1n) is 5.65. The van der Waals surface area contributed by atoms with E-state index in [1.807, 2.05) is 0 Å². The molecular formula is C10H6F12O4. The number of hydrogen-bond donors (Lipinski definition) is 0. The highest BCUT2D eigenvalue weighted by Crippen LogP contribution is 2.50. The zero-order valence-electron chi connectivity index (χ0n) is 12.2. The number of alkyl halides is 12. The van der Waals surface area contributed by atoms with Gasteiger partial charge in [-0.25, -0.2) is 4.39 Å². The maximum absolute atomic E-state index is 13.7. The molecule has 0 aliphatic rings. The molecule has 0 N–H and O–H groups in total. The van der Waals surface area contributed by atoms with Crippen molar-refractivity contribution in [3.05, 3.63) is 0 Å². The molecular weight excluding hydrogens is 412 g/mol. The highest BCUT2D eigenvalue weighted by Gasteiger charge is 2.83. The topological polar surface area (TPSA) is 52.6 Å². The Morgan fingerprint density at radius 3 is 1.08 bits per heavy atom. The lowest BCUT2D eigenvalue weighted by Gasteiger charge is -2.37. The predicted octanol–water partition coefficient (Wildman–Crippen LogP) is 3.14. The monoisotopic (exact) mass is 418 g/mol. The average Bonchev–Trinajstić information content (AvgIpc) is 2.44. The zero-order chi connectivity index (χ0) is 21.6. The van der Waals surface area contributed by atoms with Gasteiger partial charge in [0.15, 0.2) is 0 Å². The van der Waals surface area contributed by atoms with E-state index >= 15 is 0 Å². The van der Waals surface area contributed by atoms with Gasteiger partial charge in [0.2, 0.25) is 0 Å². The van der Waals surface area contributed by atoms with Crippen LogP contribution in [0.4, 0.5) is 52.7 Å². The summed E-state index contributed by atoms with van der Waals surface area (Å²) >= 11 is 0. The van der Waals surface area contributed by atoms with Crippen LogP contribution in [0.1, 0.15) is 0 Å². The molecule has 154 valence electrons. The molecule has 0 heterocycles. The minimum atomic E-state index is -7.22. The Balaban J connectivity index is 6.75. The maximum Gasteiger partial charge on any atom is 0.461 e. The second-order valence-electron chi connectivity index (χ2n) is 4.41. The third kappa shape index (κ3) is 3.35. The molecule has 0 bridgehead atoms. The minimum absolute atomic E-state index is 0.223. The summed E-state index contributed by atoms with van der Waals surface area (Å²) in [6, 6.07) is 0. The molecule has 0 aromatic carbocycles. The number of ether oxygens (including phenoxy) is 2. The Morgan fingerprint density at radius 1 is 0.577 bits per heavy atom. The van der Waals surface area contributed by atoms with Crippen LogP contribution in [-0.2, 0) is 19.1 Å². The molecule has 0 amide bonds. The molecule has 0 saturated heterocycles. The van der Waals surface area contributed by atoms with Gasteiger partial charge < -0.3 is 9.47 Å². The van der Waals surface area contributed by atoms with E-state index in [0.29, 0.717) is 0 Å². The van der Waals surface area contributed by atoms with E-state index in [9.17, 15) is 62.3 Å². The molecule has 0 aliphatic carbocycles. The lowest BCUT2D eigenvalue weighted by molar-refractivity contribution is -0.337. The van der Waals surface area contributed by atoms with Crippen molar-refractivity contribution in [3.8, 4) is 0 Å². The van der Waals surface area contributed by atoms with Crippen LogP contribution in [-0.4, -0.2) is 61.7 Å². The molecule has 0 fully saturated rings. The summed E-state index contributed by atoms with van der Waals surface area (Å²) in [5, 5.41) is 0. The number of halogens is 12. The number of carbonyl (C=O) groups is 2. The molecule has 0 radical (unpaired) electrons. The maximum atomic E-state index is 13.7. The molecule has 0 saturated carbocycles. The Kier molecular flexibility index (Phi) is 6.14. The van der Waals surface area contributed by atoms with Crippen molar-refractivity contribution in [2.75, 3.05) is 14.2 Å². The first-order chi connectivity index (χ1) is 11.2. The molecule has 0 aliphatic heterocycles. The summed E-state index contributed by atoms with van der Waals surface area (Å²) in [6.45, 7) is 0. The number of Topliss-reactive ketones (excluding diaryl/α,β-unsaturated/α-hetero) is 2. The summed E-state index contributed by atoms with van der Waals surface area (Å²) in [5.74, 6) is -20.2. The summed E-state index contributed by atoms with van der Waals surface area (Å²) in [7, 11) is -0.447. The number of rotatable bonds is 6. The Bertz CT molecular complexity index is 540. The van der Waals surface area contributed by atoms with Crippen LogP contribution in [0, 0.1) is 0 Å². The Morgan fingerprint density at radius 2 is 0.885 bits per heavy atom. The molecule has 0 unspecified atom stereocenters. The van der Waals surface area contributed by atoms with Crippen molar-refractivity contribution in [1.29, 1.82) is 0 Å². The second-order valence-corrected chi connectivity index (χ2v) is 4.41. The number of ketones is 2. The predicted molar refractivity (Wildman–Crippen MR) is 53.7 cm³/mol. The summed E-state index contributed by atoms with van der Waals surface area (Å²) in [4.78, 5) is 22.8. The second kappa shape index (κ2) is 6.54. The van der Waals surface area contributed by atoms with Crippen LogP contribution in [0.25, 0.3) is 0 Å². The highest BCUT2D eigenvalue weighted by atomic mass is 19.4. The average molecular weight is 418 g/mol. The number of carbonyl (C=O) groups excluding carboxylic acids is 2. The zero-order valence-corrected chi connectivity index (χ0v) is 12.2. The van der Waals surface area contributed by atoms with Crippen LogP contribution >= 0.6 is 0 Å². The van der Waals surface area contributed by atoms with Crippen LogP contribution < -0.4 is 0 Å². The largest absolute Gasteiger partial charge is 0.461 e. The third-order valence-electron chi connectivity index (χ3n) is 2.91. The summed E-state index contributed by atoms with van der Waals surface area (Å²) in [6.07, 6.45) is -21.3. The van der Waals surface area contributed by atoms with Crippen molar-refractivity contribution in [3.63, 3.8) is 0 Å². The molecule has 0 aromatic rings. The van der Waals surface area contributed by atoms with Gasteiger partial charge in [-0.05, 0) is 0 Å². The smallest absolute Gasteiger partial charge is 0.341 e. The van der Waals surface area contributed by atoms with Crippen LogP contribution in [0.2, 0.25) is 0 Å². The van der Waals surface area contributed by atoms with Crippen molar-refractivity contribution in [1.82, 2.24) is 0 Å². The van der Waals surface area contributed by atoms with Crippen LogP contribution in [0.3, 0.4) is 0 Å². The quantitative estimate of drug-likeness (QED) is 0.378. The first kappa shape index (κ1) is 24.4. The molecule has 16 heteroatoms. The molecule has 0 atom stereocenters. The lowest BCUT2D eigenvalue weighted by atomic mass is 9.87. The third-order valence-corrected chi connectivity index (χ3v) is 2.91. The van der Waals surface area contributed by atoms with Gasteiger partial charge in [0.1, 0.15) is 0 Å². The fourth-order valence-electron chi connectivity index (χ4n) is 1.54. The van der Waals surface area contributed by atoms with Gasteiger partial charge in [0.05, 0.1) is 0 Å². The van der Waals surface area contributed by atoms with Crippen molar-refractivity contribution in [2.24, 2.45) is 0 Å². The van der Waals surface area contributed by atoms with Gasteiger partial charge in [0.25, 0.3) is 11.6 Å². The summed E-state index contributed by atoms with van der Waals surface area (Å²) in [5.41, 5.74) is -7.07. The van der Waals surface area contributed by atoms with Crippen molar-refractivity contribution >= 4 is 11.6 Å². The van der Waals surface area contributed by atoms with Crippen LogP contribution in [0.15, 0.2) is 0 Å². The molecule has 0 aromatic heterocycles. The fourth-order valence-corrected chi connectivity index (χ4v) is 1.54. The SMILES string of the molecule is COC(OC)(C(=O)C(F)(F)C(F)(F)F)C(=O)C(F)(C(F)(F)F)C(F)(F)F. The Labute approximate surface area is 135 Å². The standard InChI is InChI=1S/C10H6F12O4/c1-25-5(26-2,4(24)7(12,13)10(20,21)22)3(23)6(11,8(14,15)16)9(17,18)19/h1-2H3. The van der Waals surface area contributed by atoms with Gasteiger partial charge in [-0.15, -0.1) is 0 Å². The van der Waals surface area contributed by atoms with E-state index in [1.165, 1.54) is 0 Å². The first-order valence-corrected chi connectivity index (χ1v) is 5.65. The fraction of sp³-hybridized carbons (Fsp3) is 0.800. The van der Waals surface area contributed by atoms with E-state index in [0.717, 1.165) is 0 Å². The normalized spacial score (nSPS) is 15.2. The van der Waals surface area contributed by atoms with Crippen LogP contribution in [0.5, 0.6) is 0 Å². The molecule has 0 rings (SSSR count). The van der Waals surface area contributed by atoms with E-state index in [-0.39, 0.29) is 14.2 Å². The highest BCUT2D eigenvalue weighted by molar-refractivity contribution is 6.15. The molecule has 0 spiro atoms.